The number of amides is 2. The second kappa shape index (κ2) is 8.32. The van der Waals surface area contributed by atoms with Gasteiger partial charge in [0.1, 0.15) is 4.90 Å². The van der Waals surface area contributed by atoms with E-state index in [1.807, 2.05) is 0 Å². The van der Waals surface area contributed by atoms with E-state index in [1.165, 1.54) is 26.2 Å². The number of para-hydroxylation sites is 1. The minimum atomic E-state index is -3.69. The molecule has 2 rings (SSSR count). The molecule has 0 saturated carbocycles. The van der Waals surface area contributed by atoms with Gasteiger partial charge in [0.2, 0.25) is 15.9 Å². The molecule has 0 atom stereocenters. The maximum absolute atomic E-state index is 12.5. The fourth-order valence-corrected chi connectivity index (χ4v) is 3.22. The van der Waals surface area contributed by atoms with Gasteiger partial charge in [0.05, 0.1) is 5.69 Å². The van der Waals surface area contributed by atoms with Crippen molar-refractivity contribution in [2.75, 3.05) is 24.7 Å². The van der Waals surface area contributed by atoms with Crippen molar-refractivity contribution in [1.82, 2.24) is 4.31 Å². The summed E-state index contributed by atoms with van der Waals surface area (Å²) in [6, 6.07) is 12.6. The van der Waals surface area contributed by atoms with E-state index in [2.05, 4.69) is 10.6 Å². The third kappa shape index (κ3) is 4.93. The molecule has 2 aromatic rings. The highest BCUT2D eigenvalue weighted by Gasteiger charge is 2.22. The quantitative estimate of drug-likeness (QED) is 0.794. The van der Waals surface area contributed by atoms with E-state index >= 15 is 0 Å². The second-order valence-electron chi connectivity index (χ2n) is 6.46. The summed E-state index contributed by atoms with van der Waals surface area (Å²) < 4.78 is 25.9. The predicted octanol–water partition coefficient (Wildman–Crippen LogP) is 2.78. The molecule has 0 spiro atoms. The summed E-state index contributed by atoms with van der Waals surface area (Å²) in [7, 11) is -0.835. The average Bonchev–Trinajstić information content (AvgIpc) is 2.62. The number of carbonyl (C=O) groups excluding carboxylic acids is 2. The fourth-order valence-electron chi connectivity index (χ4n) is 2.18. The van der Waals surface area contributed by atoms with Crippen LogP contribution in [0.2, 0.25) is 0 Å². The molecule has 0 radical (unpaired) electrons. The minimum Gasteiger partial charge on any atom is -0.326 e. The van der Waals surface area contributed by atoms with Crippen molar-refractivity contribution in [3.05, 3.63) is 54.1 Å². The van der Waals surface area contributed by atoms with Crippen LogP contribution in [0.3, 0.4) is 0 Å². The second-order valence-corrected chi connectivity index (χ2v) is 8.58. The topological polar surface area (TPSA) is 95.6 Å². The largest absolute Gasteiger partial charge is 0.326 e. The third-order valence-electron chi connectivity index (χ3n) is 3.83. The Morgan fingerprint density at radius 1 is 0.926 bits per heavy atom. The smallest absolute Gasteiger partial charge is 0.255 e. The lowest BCUT2D eigenvalue weighted by Crippen LogP contribution is -2.24. The molecule has 0 bridgehead atoms. The van der Waals surface area contributed by atoms with Crippen LogP contribution in [0.15, 0.2) is 53.4 Å². The Morgan fingerprint density at radius 3 is 2.07 bits per heavy atom. The molecular weight excluding hydrogens is 366 g/mol. The molecule has 8 heteroatoms. The van der Waals surface area contributed by atoms with Crippen LogP contribution in [0.4, 0.5) is 11.4 Å². The van der Waals surface area contributed by atoms with Crippen LogP contribution < -0.4 is 10.6 Å². The van der Waals surface area contributed by atoms with Crippen molar-refractivity contribution < 1.29 is 18.0 Å². The Morgan fingerprint density at radius 2 is 1.52 bits per heavy atom. The summed E-state index contributed by atoms with van der Waals surface area (Å²) in [4.78, 5) is 24.2. The van der Waals surface area contributed by atoms with Gasteiger partial charge in [-0.3, -0.25) is 9.59 Å². The van der Waals surface area contributed by atoms with Gasteiger partial charge in [0.15, 0.2) is 0 Å². The van der Waals surface area contributed by atoms with Gasteiger partial charge < -0.3 is 10.6 Å². The first-order chi connectivity index (χ1) is 12.6. The molecule has 0 aliphatic carbocycles. The summed E-state index contributed by atoms with van der Waals surface area (Å²) in [6.45, 7) is 3.58. The standard InChI is InChI=1S/C19H23N3O4S/c1-13(2)18(23)20-15-11-9-14(10-12-15)19(24)21-16-7-5-6-8-17(16)27(25,26)22(3)4/h5-13H,1-4H3,(H,20,23)(H,21,24). The highest BCUT2D eigenvalue weighted by atomic mass is 32.2. The lowest BCUT2D eigenvalue weighted by molar-refractivity contribution is -0.118. The molecule has 27 heavy (non-hydrogen) atoms. The summed E-state index contributed by atoms with van der Waals surface area (Å²) >= 11 is 0. The van der Waals surface area contributed by atoms with Crippen molar-refractivity contribution >= 4 is 33.2 Å². The van der Waals surface area contributed by atoms with E-state index in [4.69, 9.17) is 0 Å². The van der Waals surface area contributed by atoms with Crippen molar-refractivity contribution in [3.8, 4) is 0 Å². The molecular formula is C19H23N3O4S. The zero-order chi connectivity index (χ0) is 20.2. The van der Waals surface area contributed by atoms with Crippen LogP contribution in [0.1, 0.15) is 24.2 Å². The van der Waals surface area contributed by atoms with Crippen LogP contribution in [0.5, 0.6) is 0 Å². The highest BCUT2D eigenvalue weighted by molar-refractivity contribution is 7.89. The van der Waals surface area contributed by atoms with E-state index < -0.39 is 15.9 Å². The highest BCUT2D eigenvalue weighted by Crippen LogP contribution is 2.24. The number of carbonyl (C=O) groups is 2. The van der Waals surface area contributed by atoms with Crippen LogP contribution >= 0.6 is 0 Å². The van der Waals surface area contributed by atoms with Crippen molar-refractivity contribution in [2.24, 2.45) is 5.92 Å². The Kier molecular flexibility index (Phi) is 6.35. The minimum absolute atomic E-state index is 0.0177. The van der Waals surface area contributed by atoms with Crippen LogP contribution in [0.25, 0.3) is 0 Å². The zero-order valence-electron chi connectivity index (χ0n) is 15.7. The average molecular weight is 389 g/mol. The first-order valence-corrected chi connectivity index (χ1v) is 9.80. The molecule has 0 unspecified atom stereocenters. The summed E-state index contributed by atoms with van der Waals surface area (Å²) in [5, 5.41) is 5.38. The van der Waals surface area contributed by atoms with Crippen LogP contribution in [0, 0.1) is 5.92 Å². The van der Waals surface area contributed by atoms with E-state index in [0.29, 0.717) is 11.3 Å². The van der Waals surface area contributed by atoms with Crippen molar-refractivity contribution in [1.29, 1.82) is 0 Å². The Balaban J connectivity index is 2.20. The number of nitrogens with zero attached hydrogens (tertiary/aromatic N) is 1. The Labute approximate surface area is 159 Å². The SMILES string of the molecule is CC(C)C(=O)Nc1ccc(C(=O)Nc2ccccc2S(=O)(=O)N(C)C)cc1. The first-order valence-electron chi connectivity index (χ1n) is 8.36. The number of nitrogens with one attached hydrogen (secondary N) is 2. The van der Waals surface area contributed by atoms with Gasteiger partial charge in [-0.15, -0.1) is 0 Å². The van der Waals surface area contributed by atoms with Gasteiger partial charge in [-0.25, -0.2) is 12.7 Å². The molecule has 0 aliphatic rings. The number of rotatable bonds is 6. The molecule has 0 saturated heterocycles. The fraction of sp³-hybridized carbons (Fsp3) is 0.263. The number of anilines is 2. The number of hydrogen-bond donors (Lipinski definition) is 2. The van der Waals surface area contributed by atoms with Gasteiger partial charge in [0, 0.05) is 31.3 Å². The number of benzene rings is 2. The van der Waals surface area contributed by atoms with Crippen molar-refractivity contribution in [2.45, 2.75) is 18.7 Å². The van der Waals surface area contributed by atoms with Gasteiger partial charge >= 0.3 is 0 Å². The van der Waals surface area contributed by atoms with E-state index in [0.717, 1.165) is 4.31 Å². The molecule has 7 nitrogen and oxygen atoms in total. The summed E-state index contributed by atoms with van der Waals surface area (Å²) in [5.74, 6) is -0.712. The molecule has 0 aromatic heterocycles. The summed E-state index contributed by atoms with van der Waals surface area (Å²) in [6.07, 6.45) is 0. The predicted molar refractivity (Wildman–Crippen MR) is 105 cm³/mol. The first kappa shape index (κ1) is 20.6. The third-order valence-corrected chi connectivity index (χ3v) is 5.71. The monoisotopic (exact) mass is 389 g/mol. The zero-order valence-corrected chi connectivity index (χ0v) is 16.5. The van der Waals surface area contributed by atoms with Gasteiger partial charge in [0.25, 0.3) is 5.91 Å². The van der Waals surface area contributed by atoms with E-state index in [9.17, 15) is 18.0 Å². The molecule has 2 amide bonds. The van der Waals surface area contributed by atoms with Crippen LogP contribution in [-0.4, -0.2) is 38.6 Å². The van der Waals surface area contributed by atoms with E-state index in [-0.39, 0.29) is 22.4 Å². The van der Waals surface area contributed by atoms with Gasteiger partial charge in [-0.1, -0.05) is 26.0 Å². The van der Waals surface area contributed by atoms with Crippen LogP contribution in [-0.2, 0) is 14.8 Å². The normalized spacial score (nSPS) is 11.5. The van der Waals surface area contributed by atoms with Crippen molar-refractivity contribution in [3.63, 3.8) is 0 Å². The molecule has 0 aliphatic heterocycles. The maximum Gasteiger partial charge on any atom is 0.255 e. The lowest BCUT2D eigenvalue weighted by atomic mass is 10.1. The van der Waals surface area contributed by atoms with Gasteiger partial charge in [-0.05, 0) is 36.4 Å². The molecule has 0 fully saturated rings. The summed E-state index contributed by atoms with van der Waals surface area (Å²) in [5.41, 5.74) is 1.13. The molecule has 0 heterocycles. The number of sulfonamides is 1. The molecule has 144 valence electrons. The maximum atomic E-state index is 12.5. The number of hydrogen-bond acceptors (Lipinski definition) is 4. The Hall–Kier alpha value is -2.71. The Bertz CT molecular complexity index is 936. The lowest BCUT2D eigenvalue weighted by Gasteiger charge is -2.15. The molecule has 2 N–H and O–H groups in total. The molecule has 2 aromatic carbocycles. The van der Waals surface area contributed by atoms with E-state index in [1.54, 1.807) is 50.2 Å². The van der Waals surface area contributed by atoms with Gasteiger partial charge in [-0.2, -0.15) is 0 Å².